The number of alkyl halides is 1. The zero-order chi connectivity index (χ0) is 32.4. The van der Waals surface area contributed by atoms with Gasteiger partial charge in [0.15, 0.2) is 5.67 Å². The fourth-order valence-electron chi connectivity index (χ4n) is 6.08. The fourth-order valence-corrected chi connectivity index (χ4v) is 6.88. The highest BCUT2D eigenvalue weighted by atomic mass is 32.1. The van der Waals surface area contributed by atoms with Crippen molar-refractivity contribution in [1.82, 2.24) is 25.8 Å². The molecule has 3 amide bonds. The monoisotopic (exact) mass is 643 g/mol. The Morgan fingerprint density at radius 3 is 2.62 bits per heavy atom. The molecular formula is C33H46FN5O5S. The number of aromatic nitrogens is 1. The summed E-state index contributed by atoms with van der Waals surface area (Å²) in [5, 5.41) is 19.4. The molecule has 2 saturated heterocycles. The number of benzene rings is 1. The predicted octanol–water partition coefficient (Wildman–Crippen LogP) is 3.50. The van der Waals surface area contributed by atoms with Crippen molar-refractivity contribution in [2.75, 3.05) is 26.2 Å². The Bertz CT molecular complexity index is 1380. The fraction of sp³-hybridized carbons (Fsp3) is 0.636. The molecule has 2 aromatic rings. The molecule has 0 bridgehead atoms. The molecule has 2 aliphatic heterocycles. The molecule has 0 spiro atoms. The van der Waals surface area contributed by atoms with Gasteiger partial charge in [0.25, 0.3) is 5.91 Å². The number of hydrogen-bond donors (Lipinski definition) is 4. The van der Waals surface area contributed by atoms with Crippen LogP contribution < -0.4 is 20.7 Å². The first-order chi connectivity index (χ1) is 21.4. The number of aliphatic hydroxyl groups is 1. The summed E-state index contributed by atoms with van der Waals surface area (Å²) in [4.78, 5) is 46.6. The van der Waals surface area contributed by atoms with Gasteiger partial charge in [0.2, 0.25) is 11.8 Å². The van der Waals surface area contributed by atoms with Gasteiger partial charge in [-0.05, 0) is 75.1 Å². The zero-order valence-electron chi connectivity index (χ0n) is 26.7. The summed E-state index contributed by atoms with van der Waals surface area (Å²) < 4.78 is 20.8. The van der Waals surface area contributed by atoms with Crippen molar-refractivity contribution in [2.24, 2.45) is 11.3 Å². The van der Waals surface area contributed by atoms with Gasteiger partial charge in [-0.25, -0.2) is 9.37 Å². The van der Waals surface area contributed by atoms with E-state index in [4.69, 9.17) is 4.74 Å². The number of piperidine rings is 1. The molecule has 4 N–H and O–H groups in total. The van der Waals surface area contributed by atoms with E-state index in [9.17, 15) is 23.9 Å². The first kappa shape index (κ1) is 33.3. The molecular weight excluding hydrogens is 597 g/mol. The highest BCUT2D eigenvalue weighted by Crippen LogP contribution is 2.40. The Balaban J connectivity index is 1.28. The van der Waals surface area contributed by atoms with Gasteiger partial charge in [-0.2, -0.15) is 0 Å². The third-order valence-electron chi connectivity index (χ3n) is 9.12. The average molecular weight is 644 g/mol. The lowest BCUT2D eigenvalue weighted by atomic mass is 9.85. The van der Waals surface area contributed by atoms with E-state index in [-0.39, 0.29) is 32.4 Å². The minimum absolute atomic E-state index is 0.0475. The molecule has 5 rings (SSSR count). The second kappa shape index (κ2) is 13.7. The van der Waals surface area contributed by atoms with Gasteiger partial charge in [0, 0.05) is 25.1 Å². The van der Waals surface area contributed by atoms with E-state index in [1.54, 1.807) is 32.1 Å². The number of hydrogen-bond acceptors (Lipinski definition) is 8. The van der Waals surface area contributed by atoms with Crippen molar-refractivity contribution in [1.29, 1.82) is 0 Å². The van der Waals surface area contributed by atoms with Gasteiger partial charge >= 0.3 is 0 Å². The number of likely N-dealkylation sites (tertiary alicyclic amines) is 1. The van der Waals surface area contributed by atoms with Crippen molar-refractivity contribution >= 4 is 29.1 Å². The second-order valence-electron chi connectivity index (χ2n) is 13.8. The molecule has 1 aliphatic carbocycles. The maximum atomic E-state index is 14.5. The van der Waals surface area contributed by atoms with Crippen LogP contribution in [0.15, 0.2) is 23.7 Å². The quantitative estimate of drug-likeness (QED) is 0.295. The van der Waals surface area contributed by atoms with Crippen LogP contribution in [0.1, 0.15) is 70.6 Å². The molecule has 3 atom stereocenters. The summed E-state index contributed by atoms with van der Waals surface area (Å²) >= 11 is 1.56. The van der Waals surface area contributed by atoms with E-state index in [1.807, 2.05) is 30.6 Å². The van der Waals surface area contributed by atoms with Crippen LogP contribution in [-0.2, 0) is 20.9 Å². The van der Waals surface area contributed by atoms with Gasteiger partial charge in [-0.15, -0.1) is 11.3 Å². The van der Waals surface area contributed by atoms with Crippen molar-refractivity contribution < 1.29 is 28.6 Å². The van der Waals surface area contributed by atoms with Crippen LogP contribution in [0.3, 0.4) is 0 Å². The molecule has 1 aromatic carbocycles. The number of thiazole rings is 1. The standard InChI is InChI=1S/C33H46FN5O5S/c1-20-27(45-19-37-20)22-5-6-23(26(15-22)44-14-9-21-7-12-35-13-8-21)17-36-29(41)25-16-24(40)18-39(25)30(42)28(32(2,3)4)38-31(43)33(34)10-11-33/h5-6,15,19,21,24-25,28,35,40H,7-14,16-18H2,1-4H3,(H,36,41)(H,38,43)/t24?,25?,28-/m1/s1. The lowest BCUT2D eigenvalue weighted by Gasteiger charge is -2.35. The Morgan fingerprint density at radius 2 is 1.98 bits per heavy atom. The van der Waals surface area contributed by atoms with Crippen LogP contribution in [-0.4, -0.2) is 82.8 Å². The van der Waals surface area contributed by atoms with Crippen LogP contribution in [0.4, 0.5) is 4.39 Å². The number of aryl methyl sites for hydroxylation is 1. The summed E-state index contributed by atoms with van der Waals surface area (Å²) in [5.41, 5.74) is 1.87. The van der Waals surface area contributed by atoms with Crippen LogP contribution in [0.5, 0.6) is 5.75 Å². The van der Waals surface area contributed by atoms with E-state index in [0.29, 0.717) is 18.3 Å². The number of halogens is 1. The van der Waals surface area contributed by atoms with Gasteiger partial charge < -0.3 is 30.7 Å². The molecule has 3 fully saturated rings. The Labute approximate surface area is 268 Å². The first-order valence-corrected chi connectivity index (χ1v) is 16.9. The van der Waals surface area contributed by atoms with Crippen molar-refractivity contribution in [3.8, 4) is 16.2 Å². The van der Waals surface area contributed by atoms with Gasteiger partial charge in [0.1, 0.15) is 17.8 Å². The lowest BCUT2D eigenvalue weighted by molar-refractivity contribution is -0.145. The number of nitrogens with zero attached hydrogens (tertiary/aromatic N) is 2. The smallest absolute Gasteiger partial charge is 0.258 e. The first-order valence-electron chi connectivity index (χ1n) is 16.0. The van der Waals surface area contributed by atoms with Crippen LogP contribution in [0.25, 0.3) is 10.4 Å². The third kappa shape index (κ3) is 8.01. The van der Waals surface area contributed by atoms with Crippen molar-refractivity contribution in [3.63, 3.8) is 0 Å². The molecule has 3 aliphatic rings. The van der Waals surface area contributed by atoms with Gasteiger partial charge in [-0.1, -0.05) is 32.9 Å². The van der Waals surface area contributed by atoms with E-state index in [2.05, 4.69) is 20.9 Å². The Kier molecular flexibility index (Phi) is 10.1. The highest BCUT2D eigenvalue weighted by Gasteiger charge is 2.53. The Morgan fingerprint density at radius 1 is 1.24 bits per heavy atom. The number of rotatable bonds is 11. The van der Waals surface area contributed by atoms with Gasteiger partial charge in [0.05, 0.1) is 28.8 Å². The molecule has 12 heteroatoms. The number of carbonyl (C=O) groups excluding carboxylic acids is 3. The van der Waals surface area contributed by atoms with Gasteiger partial charge in [-0.3, -0.25) is 14.4 Å². The minimum Gasteiger partial charge on any atom is -0.493 e. The summed E-state index contributed by atoms with van der Waals surface area (Å²) in [6.07, 6.45) is 2.64. The summed E-state index contributed by atoms with van der Waals surface area (Å²) in [5.74, 6) is -0.431. The number of carbonyl (C=O) groups is 3. The molecule has 1 saturated carbocycles. The van der Waals surface area contributed by atoms with Crippen LogP contribution in [0.2, 0.25) is 0 Å². The highest BCUT2D eigenvalue weighted by molar-refractivity contribution is 7.13. The molecule has 10 nitrogen and oxygen atoms in total. The summed E-state index contributed by atoms with van der Waals surface area (Å²) in [6, 6.07) is 3.94. The van der Waals surface area contributed by atoms with Crippen molar-refractivity contribution in [3.05, 3.63) is 35.0 Å². The number of amides is 3. The minimum atomic E-state index is -1.94. The van der Waals surface area contributed by atoms with E-state index in [0.717, 1.165) is 54.0 Å². The molecule has 45 heavy (non-hydrogen) atoms. The summed E-state index contributed by atoms with van der Waals surface area (Å²) in [7, 11) is 0. The maximum Gasteiger partial charge on any atom is 0.258 e. The lowest BCUT2D eigenvalue weighted by Crippen LogP contribution is -2.59. The Hall–Kier alpha value is -3.09. The molecule has 0 radical (unpaired) electrons. The SMILES string of the molecule is Cc1ncsc1-c1ccc(CNC(=O)C2CC(O)CN2C(=O)[C@@H](NC(=O)C2(F)CC2)C(C)(C)C)c(OCCC2CCNCC2)c1. The number of ether oxygens (including phenoxy) is 1. The van der Waals surface area contributed by atoms with E-state index in [1.165, 1.54) is 4.90 Å². The van der Waals surface area contributed by atoms with Crippen LogP contribution >= 0.6 is 11.3 Å². The van der Waals surface area contributed by atoms with E-state index < -0.39 is 47.0 Å². The van der Waals surface area contributed by atoms with E-state index >= 15 is 0 Å². The maximum absolute atomic E-state index is 14.5. The molecule has 246 valence electrons. The topological polar surface area (TPSA) is 133 Å². The largest absolute Gasteiger partial charge is 0.493 e. The number of β-amino-alcohol motifs (C(OH)–C–C–N with tert-alkyl or cyclic N) is 1. The normalized spacial score (nSPS) is 22.1. The average Bonchev–Trinajstić information content (AvgIpc) is 3.41. The van der Waals surface area contributed by atoms with Crippen LogP contribution in [0, 0.1) is 18.3 Å². The zero-order valence-corrected chi connectivity index (χ0v) is 27.5. The third-order valence-corrected chi connectivity index (χ3v) is 10.1. The number of aliphatic hydroxyl groups excluding tert-OH is 1. The summed E-state index contributed by atoms with van der Waals surface area (Å²) in [6.45, 7) is 10.0. The molecule has 3 heterocycles. The second-order valence-corrected chi connectivity index (χ2v) is 14.6. The number of nitrogens with one attached hydrogen (secondary N) is 3. The van der Waals surface area contributed by atoms with Crippen molar-refractivity contribution in [2.45, 2.75) is 96.6 Å². The predicted molar refractivity (Wildman–Crippen MR) is 170 cm³/mol. The molecule has 2 unspecified atom stereocenters. The molecule has 1 aromatic heterocycles.